The van der Waals surface area contributed by atoms with Gasteiger partial charge in [-0.2, -0.15) is 0 Å². The van der Waals surface area contributed by atoms with Gasteiger partial charge in [0.25, 0.3) is 11.6 Å². The van der Waals surface area contributed by atoms with Crippen LogP contribution in [0.25, 0.3) is 0 Å². The number of hydrogen-bond acceptors (Lipinski definition) is 7. The Morgan fingerprint density at radius 1 is 1.03 bits per heavy atom. The van der Waals surface area contributed by atoms with Gasteiger partial charge in [0.05, 0.1) is 22.5 Å². The molecule has 1 saturated carbocycles. The van der Waals surface area contributed by atoms with Crippen molar-refractivity contribution in [3.05, 3.63) is 63.7 Å². The molecule has 0 spiro atoms. The lowest BCUT2D eigenvalue weighted by atomic mass is 9.96. The van der Waals surface area contributed by atoms with Gasteiger partial charge in [0.2, 0.25) is 10.0 Å². The molecule has 170 valence electrons. The summed E-state index contributed by atoms with van der Waals surface area (Å²) >= 11 is 0. The minimum absolute atomic E-state index is 0.0735. The maximum absolute atomic E-state index is 12.6. The molecule has 1 aliphatic rings. The molecule has 32 heavy (non-hydrogen) atoms. The zero-order valence-electron chi connectivity index (χ0n) is 17.4. The summed E-state index contributed by atoms with van der Waals surface area (Å²) in [4.78, 5) is 34.8. The van der Waals surface area contributed by atoms with Gasteiger partial charge >= 0.3 is 5.97 Å². The number of nitro groups is 1. The monoisotopic (exact) mass is 461 g/mol. The summed E-state index contributed by atoms with van der Waals surface area (Å²) < 4.78 is 32.4. The number of nitro benzene ring substituents is 1. The quantitative estimate of drug-likeness (QED) is 0.366. The SMILES string of the molecule is COC(=O)c1cc(C(=O)Nc2ccc(S(=O)(=O)NC3CCCCC3)cc2)cc([N+](=O)[O-])c1. The molecule has 0 radical (unpaired) electrons. The summed E-state index contributed by atoms with van der Waals surface area (Å²) in [6, 6.07) is 8.74. The summed E-state index contributed by atoms with van der Waals surface area (Å²) in [6.07, 6.45) is 4.72. The van der Waals surface area contributed by atoms with Crippen LogP contribution in [0.1, 0.15) is 52.8 Å². The number of hydrogen-bond donors (Lipinski definition) is 2. The molecule has 0 aromatic heterocycles. The van der Waals surface area contributed by atoms with Crippen molar-refractivity contribution in [1.82, 2.24) is 4.72 Å². The van der Waals surface area contributed by atoms with Crippen LogP contribution < -0.4 is 10.0 Å². The lowest BCUT2D eigenvalue weighted by molar-refractivity contribution is -0.384. The van der Waals surface area contributed by atoms with E-state index >= 15 is 0 Å². The van der Waals surface area contributed by atoms with E-state index in [1.165, 1.54) is 30.3 Å². The molecule has 1 fully saturated rings. The van der Waals surface area contributed by atoms with E-state index in [0.717, 1.165) is 51.3 Å². The number of carbonyl (C=O) groups excluding carboxylic acids is 2. The third-order valence-corrected chi connectivity index (χ3v) is 6.70. The number of amides is 1. The highest BCUT2D eigenvalue weighted by Gasteiger charge is 2.22. The van der Waals surface area contributed by atoms with E-state index in [4.69, 9.17) is 0 Å². The Hall–Kier alpha value is -3.31. The van der Waals surface area contributed by atoms with Crippen LogP contribution in [0.4, 0.5) is 11.4 Å². The van der Waals surface area contributed by atoms with Crippen molar-refractivity contribution in [3.63, 3.8) is 0 Å². The first-order valence-electron chi connectivity index (χ1n) is 10.0. The Morgan fingerprint density at radius 3 is 2.25 bits per heavy atom. The second-order valence-electron chi connectivity index (χ2n) is 7.45. The number of rotatable bonds is 7. The van der Waals surface area contributed by atoms with E-state index in [2.05, 4.69) is 14.8 Å². The number of non-ortho nitro benzene ring substituents is 1. The minimum atomic E-state index is -3.68. The van der Waals surface area contributed by atoms with Gasteiger partial charge in [0, 0.05) is 29.4 Å². The van der Waals surface area contributed by atoms with Crippen molar-refractivity contribution in [3.8, 4) is 0 Å². The summed E-state index contributed by atoms with van der Waals surface area (Å²) in [6.45, 7) is 0. The lowest BCUT2D eigenvalue weighted by Gasteiger charge is -2.22. The van der Waals surface area contributed by atoms with Crippen molar-refractivity contribution in [2.75, 3.05) is 12.4 Å². The smallest absolute Gasteiger partial charge is 0.338 e. The first kappa shape index (κ1) is 23.4. The van der Waals surface area contributed by atoms with Crippen LogP contribution in [-0.4, -0.2) is 38.4 Å². The first-order valence-corrected chi connectivity index (χ1v) is 11.5. The number of benzene rings is 2. The Labute approximate surface area is 185 Å². The van der Waals surface area contributed by atoms with Crippen LogP contribution >= 0.6 is 0 Å². The Bertz CT molecular complexity index is 1120. The Balaban J connectivity index is 1.75. The van der Waals surface area contributed by atoms with E-state index in [-0.39, 0.29) is 27.8 Å². The van der Waals surface area contributed by atoms with E-state index in [1.807, 2.05) is 0 Å². The molecule has 11 heteroatoms. The molecular weight excluding hydrogens is 438 g/mol. The largest absolute Gasteiger partial charge is 0.465 e. The van der Waals surface area contributed by atoms with Crippen LogP contribution in [0.2, 0.25) is 0 Å². The molecule has 10 nitrogen and oxygen atoms in total. The van der Waals surface area contributed by atoms with Gasteiger partial charge in [-0.25, -0.2) is 17.9 Å². The first-order chi connectivity index (χ1) is 15.2. The third-order valence-electron chi connectivity index (χ3n) is 5.16. The maximum Gasteiger partial charge on any atom is 0.338 e. The van der Waals surface area contributed by atoms with Crippen molar-refractivity contribution < 1.29 is 27.7 Å². The second kappa shape index (κ2) is 9.88. The van der Waals surface area contributed by atoms with E-state index in [1.54, 1.807) is 0 Å². The van der Waals surface area contributed by atoms with Gasteiger partial charge < -0.3 is 10.1 Å². The molecule has 0 atom stereocenters. The van der Waals surface area contributed by atoms with E-state index < -0.39 is 32.5 Å². The molecule has 1 aliphatic carbocycles. The number of anilines is 1. The molecule has 0 bridgehead atoms. The number of sulfonamides is 1. The summed E-state index contributed by atoms with van der Waals surface area (Å²) in [5.41, 5.74) is -0.400. The average Bonchev–Trinajstić information content (AvgIpc) is 2.79. The van der Waals surface area contributed by atoms with Gasteiger partial charge in [0.15, 0.2) is 0 Å². The molecule has 3 rings (SSSR count). The molecule has 0 unspecified atom stereocenters. The fraction of sp³-hybridized carbons (Fsp3) is 0.333. The van der Waals surface area contributed by atoms with Crippen molar-refractivity contribution in [1.29, 1.82) is 0 Å². The van der Waals surface area contributed by atoms with Crippen molar-refractivity contribution >= 4 is 33.3 Å². The average molecular weight is 461 g/mol. The molecule has 0 aliphatic heterocycles. The number of nitrogens with zero attached hydrogens (tertiary/aromatic N) is 1. The van der Waals surface area contributed by atoms with Gasteiger partial charge in [-0.05, 0) is 43.2 Å². The van der Waals surface area contributed by atoms with Crippen LogP contribution in [0.15, 0.2) is 47.4 Å². The Kier molecular flexibility index (Phi) is 7.21. The van der Waals surface area contributed by atoms with Gasteiger partial charge in [-0.15, -0.1) is 0 Å². The highest BCUT2D eigenvalue weighted by Crippen LogP contribution is 2.22. The van der Waals surface area contributed by atoms with Gasteiger partial charge in [-0.3, -0.25) is 14.9 Å². The van der Waals surface area contributed by atoms with Crippen LogP contribution in [0.5, 0.6) is 0 Å². The number of nitrogens with one attached hydrogen (secondary N) is 2. The fourth-order valence-corrected chi connectivity index (χ4v) is 4.82. The zero-order chi connectivity index (χ0) is 23.3. The second-order valence-corrected chi connectivity index (χ2v) is 9.17. The van der Waals surface area contributed by atoms with Crippen molar-refractivity contribution in [2.24, 2.45) is 0 Å². The molecule has 2 N–H and O–H groups in total. The number of carbonyl (C=O) groups is 2. The number of ether oxygens (including phenoxy) is 1. The summed E-state index contributed by atoms with van der Waals surface area (Å²) in [7, 11) is -2.55. The fourth-order valence-electron chi connectivity index (χ4n) is 3.51. The lowest BCUT2D eigenvalue weighted by Crippen LogP contribution is -2.36. The topological polar surface area (TPSA) is 145 Å². The standard InChI is InChI=1S/C21H23N3O7S/c1-31-21(26)15-11-14(12-18(13-15)24(27)28)20(25)22-16-7-9-19(10-8-16)32(29,30)23-17-5-3-2-4-6-17/h7-13,17,23H,2-6H2,1H3,(H,22,25). The molecule has 0 saturated heterocycles. The summed E-state index contributed by atoms with van der Waals surface area (Å²) in [5, 5.41) is 13.7. The number of esters is 1. The third kappa shape index (κ3) is 5.68. The van der Waals surface area contributed by atoms with Crippen LogP contribution in [0.3, 0.4) is 0 Å². The predicted octanol–water partition coefficient (Wildman–Crippen LogP) is 3.24. The molecule has 1 amide bonds. The molecular formula is C21H23N3O7S. The molecule has 2 aromatic carbocycles. The normalized spacial score (nSPS) is 14.5. The van der Waals surface area contributed by atoms with Gasteiger partial charge in [0.1, 0.15) is 0 Å². The predicted molar refractivity (Wildman–Crippen MR) is 116 cm³/mol. The highest BCUT2D eigenvalue weighted by atomic mass is 32.2. The maximum atomic E-state index is 12.6. The summed E-state index contributed by atoms with van der Waals surface area (Å²) in [5.74, 6) is -1.52. The van der Waals surface area contributed by atoms with Gasteiger partial charge in [-0.1, -0.05) is 19.3 Å². The highest BCUT2D eigenvalue weighted by molar-refractivity contribution is 7.89. The van der Waals surface area contributed by atoms with E-state index in [9.17, 15) is 28.1 Å². The van der Waals surface area contributed by atoms with Crippen LogP contribution in [-0.2, 0) is 14.8 Å². The van der Waals surface area contributed by atoms with Crippen LogP contribution in [0, 0.1) is 10.1 Å². The van der Waals surface area contributed by atoms with Crippen molar-refractivity contribution in [2.45, 2.75) is 43.0 Å². The molecule has 2 aromatic rings. The molecule has 0 heterocycles. The Morgan fingerprint density at radius 2 is 1.66 bits per heavy atom. The minimum Gasteiger partial charge on any atom is -0.465 e. The number of methoxy groups -OCH3 is 1. The zero-order valence-corrected chi connectivity index (χ0v) is 18.2. The van der Waals surface area contributed by atoms with E-state index in [0.29, 0.717) is 0 Å².